The van der Waals surface area contributed by atoms with Gasteiger partial charge in [-0.25, -0.2) is 0 Å². The van der Waals surface area contributed by atoms with E-state index >= 15 is 0 Å². The molecule has 1 fully saturated rings. The molecule has 0 saturated heterocycles. The van der Waals surface area contributed by atoms with Crippen molar-refractivity contribution in [1.29, 1.82) is 0 Å². The molecule has 3 heteroatoms. The van der Waals surface area contributed by atoms with E-state index in [2.05, 4.69) is 25.7 Å². The summed E-state index contributed by atoms with van der Waals surface area (Å²) in [5.41, 5.74) is 0. The molecule has 0 heterocycles. The number of rotatable bonds is 6. The molecule has 0 aromatic heterocycles. The Morgan fingerprint density at radius 2 is 2.12 bits per heavy atom. The van der Waals surface area contributed by atoms with E-state index in [1.165, 1.54) is 25.7 Å². The summed E-state index contributed by atoms with van der Waals surface area (Å²) in [6.45, 7) is 8.68. The summed E-state index contributed by atoms with van der Waals surface area (Å²) in [6.07, 6.45) is 5.21. The molecule has 2 unspecified atom stereocenters. The molecule has 0 aliphatic heterocycles. The Balaban J connectivity index is 2.43. The molecule has 1 aliphatic rings. The molecule has 1 rings (SSSR count). The van der Waals surface area contributed by atoms with Crippen LogP contribution in [0.5, 0.6) is 0 Å². The number of carbonyl (C=O) groups is 1. The van der Waals surface area contributed by atoms with Crippen molar-refractivity contribution >= 4 is 5.97 Å². The molecular formula is C14H27NO2. The molecule has 0 amide bonds. The van der Waals surface area contributed by atoms with Gasteiger partial charge in [0.2, 0.25) is 0 Å². The van der Waals surface area contributed by atoms with Crippen LogP contribution < -0.4 is 0 Å². The highest BCUT2D eigenvalue weighted by atomic mass is 16.4. The van der Waals surface area contributed by atoms with Gasteiger partial charge in [0.05, 0.1) is 6.54 Å². The summed E-state index contributed by atoms with van der Waals surface area (Å²) in [6, 6.07) is 0. The van der Waals surface area contributed by atoms with Gasteiger partial charge in [0.15, 0.2) is 0 Å². The minimum Gasteiger partial charge on any atom is -0.480 e. The van der Waals surface area contributed by atoms with E-state index in [1.807, 2.05) is 0 Å². The molecule has 1 aliphatic carbocycles. The van der Waals surface area contributed by atoms with Gasteiger partial charge in [-0.05, 0) is 30.6 Å². The number of nitrogens with zero attached hydrogens (tertiary/aromatic N) is 1. The normalized spacial score (nSPS) is 25.5. The topological polar surface area (TPSA) is 40.5 Å². The Kier molecular flexibility index (Phi) is 5.96. The van der Waals surface area contributed by atoms with E-state index in [-0.39, 0.29) is 6.54 Å². The molecule has 17 heavy (non-hydrogen) atoms. The molecule has 1 N–H and O–H groups in total. The fourth-order valence-corrected chi connectivity index (χ4v) is 3.00. The van der Waals surface area contributed by atoms with Crippen molar-refractivity contribution in [2.75, 3.05) is 19.6 Å². The molecule has 0 bridgehead atoms. The van der Waals surface area contributed by atoms with Crippen LogP contribution in [0.4, 0.5) is 0 Å². The maximum atomic E-state index is 10.9. The molecule has 0 aromatic rings. The van der Waals surface area contributed by atoms with Crippen molar-refractivity contribution in [1.82, 2.24) is 4.90 Å². The number of carboxylic acids is 1. The second-order valence-electron chi connectivity index (χ2n) is 6.12. The highest BCUT2D eigenvalue weighted by Gasteiger charge is 2.22. The van der Waals surface area contributed by atoms with Gasteiger partial charge < -0.3 is 5.11 Å². The summed E-state index contributed by atoms with van der Waals surface area (Å²) >= 11 is 0. The van der Waals surface area contributed by atoms with Gasteiger partial charge in [-0.1, -0.05) is 33.6 Å². The largest absolute Gasteiger partial charge is 0.480 e. The van der Waals surface area contributed by atoms with Crippen LogP contribution in [0, 0.1) is 17.8 Å². The van der Waals surface area contributed by atoms with Crippen LogP contribution in [0.3, 0.4) is 0 Å². The van der Waals surface area contributed by atoms with Crippen molar-refractivity contribution < 1.29 is 9.90 Å². The van der Waals surface area contributed by atoms with Gasteiger partial charge in [-0.15, -0.1) is 0 Å². The van der Waals surface area contributed by atoms with E-state index in [9.17, 15) is 4.79 Å². The summed E-state index contributed by atoms with van der Waals surface area (Å²) in [4.78, 5) is 13.0. The summed E-state index contributed by atoms with van der Waals surface area (Å²) < 4.78 is 0. The van der Waals surface area contributed by atoms with Gasteiger partial charge in [0.25, 0.3) is 0 Å². The van der Waals surface area contributed by atoms with Crippen LogP contribution in [0.15, 0.2) is 0 Å². The molecule has 3 nitrogen and oxygen atoms in total. The lowest BCUT2D eigenvalue weighted by molar-refractivity contribution is -0.138. The zero-order valence-electron chi connectivity index (χ0n) is 11.5. The lowest BCUT2D eigenvalue weighted by Gasteiger charge is -2.32. The van der Waals surface area contributed by atoms with Crippen LogP contribution in [0.1, 0.15) is 46.5 Å². The van der Waals surface area contributed by atoms with Gasteiger partial charge in [0.1, 0.15) is 0 Å². The van der Waals surface area contributed by atoms with Crippen LogP contribution in [-0.2, 0) is 4.79 Å². The predicted molar refractivity (Wildman–Crippen MR) is 70.0 cm³/mol. The first kappa shape index (κ1) is 14.5. The Morgan fingerprint density at radius 3 is 2.65 bits per heavy atom. The zero-order valence-corrected chi connectivity index (χ0v) is 11.5. The van der Waals surface area contributed by atoms with Crippen LogP contribution >= 0.6 is 0 Å². The average molecular weight is 241 g/mol. The van der Waals surface area contributed by atoms with Gasteiger partial charge in [-0.2, -0.15) is 0 Å². The Bertz CT molecular complexity index is 240. The predicted octanol–water partition coefficient (Wildman–Crippen LogP) is 2.86. The molecule has 100 valence electrons. The molecule has 0 aromatic carbocycles. The second-order valence-corrected chi connectivity index (χ2v) is 6.12. The third kappa shape index (κ3) is 6.06. The average Bonchev–Trinajstić information content (AvgIpc) is 2.14. The smallest absolute Gasteiger partial charge is 0.317 e. The van der Waals surface area contributed by atoms with Crippen molar-refractivity contribution in [3.05, 3.63) is 0 Å². The number of aliphatic carboxylic acids is 1. The van der Waals surface area contributed by atoms with Crippen LogP contribution in [-0.4, -0.2) is 35.6 Å². The SMILES string of the molecule is CC(C)CN(CC(=O)O)CC1CCCC(C)C1. The van der Waals surface area contributed by atoms with E-state index in [1.54, 1.807) is 0 Å². The summed E-state index contributed by atoms with van der Waals surface area (Å²) in [5.74, 6) is 1.36. The second kappa shape index (κ2) is 7.00. The molecule has 1 saturated carbocycles. The lowest BCUT2D eigenvalue weighted by Crippen LogP contribution is -2.37. The Labute approximate surface area is 105 Å². The third-order valence-electron chi connectivity index (χ3n) is 3.54. The van der Waals surface area contributed by atoms with Gasteiger partial charge in [-0.3, -0.25) is 9.69 Å². The highest BCUT2D eigenvalue weighted by molar-refractivity contribution is 5.69. The number of carboxylic acid groups (broad SMARTS) is 1. The summed E-state index contributed by atoms with van der Waals surface area (Å²) in [5, 5.41) is 8.94. The minimum absolute atomic E-state index is 0.197. The maximum Gasteiger partial charge on any atom is 0.317 e. The summed E-state index contributed by atoms with van der Waals surface area (Å²) in [7, 11) is 0. The third-order valence-corrected chi connectivity index (χ3v) is 3.54. The minimum atomic E-state index is -0.700. The monoisotopic (exact) mass is 241 g/mol. The van der Waals surface area contributed by atoms with Crippen LogP contribution in [0.25, 0.3) is 0 Å². The highest BCUT2D eigenvalue weighted by Crippen LogP contribution is 2.29. The van der Waals surface area contributed by atoms with Crippen molar-refractivity contribution in [2.24, 2.45) is 17.8 Å². The Morgan fingerprint density at radius 1 is 1.41 bits per heavy atom. The first-order valence-electron chi connectivity index (χ1n) is 6.91. The van der Waals surface area contributed by atoms with E-state index < -0.39 is 5.97 Å². The first-order chi connectivity index (χ1) is 7.97. The van der Waals surface area contributed by atoms with Gasteiger partial charge in [0, 0.05) is 13.1 Å². The standard InChI is InChI=1S/C14H27NO2/c1-11(2)8-15(10-14(16)17)9-13-6-4-5-12(3)7-13/h11-13H,4-10H2,1-3H3,(H,16,17). The van der Waals surface area contributed by atoms with Gasteiger partial charge >= 0.3 is 5.97 Å². The number of hydrogen-bond donors (Lipinski definition) is 1. The number of hydrogen-bond acceptors (Lipinski definition) is 2. The molecule has 2 atom stereocenters. The molecule has 0 radical (unpaired) electrons. The quantitative estimate of drug-likeness (QED) is 0.777. The van der Waals surface area contributed by atoms with Crippen LogP contribution in [0.2, 0.25) is 0 Å². The maximum absolute atomic E-state index is 10.9. The van der Waals surface area contributed by atoms with E-state index in [0.717, 1.165) is 19.0 Å². The Hall–Kier alpha value is -0.570. The van der Waals surface area contributed by atoms with Crippen molar-refractivity contribution in [2.45, 2.75) is 46.5 Å². The zero-order chi connectivity index (χ0) is 12.8. The van der Waals surface area contributed by atoms with E-state index in [4.69, 9.17) is 5.11 Å². The fraction of sp³-hybridized carbons (Fsp3) is 0.929. The molecular weight excluding hydrogens is 214 g/mol. The van der Waals surface area contributed by atoms with E-state index in [0.29, 0.717) is 11.8 Å². The lowest BCUT2D eigenvalue weighted by atomic mass is 9.82. The molecule has 0 spiro atoms. The first-order valence-corrected chi connectivity index (χ1v) is 6.91. The fourth-order valence-electron chi connectivity index (χ4n) is 3.00. The van der Waals surface area contributed by atoms with Crippen molar-refractivity contribution in [3.63, 3.8) is 0 Å². The van der Waals surface area contributed by atoms with Crippen molar-refractivity contribution in [3.8, 4) is 0 Å².